The Bertz CT molecular complexity index is 861. The van der Waals surface area contributed by atoms with E-state index < -0.39 is 17.5 Å². The number of halogens is 3. The molecule has 0 aliphatic carbocycles. The summed E-state index contributed by atoms with van der Waals surface area (Å²) in [5.41, 5.74) is 1.18. The molecular weight excluding hydrogens is 357 g/mol. The van der Waals surface area contributed by atoms with Crippen molar-refractivity contribution in [2.75, 3.05) is 31.6 Å². The molecule has 27 heavy (non-hydrogen) atoms. The smallest absolute Gasteiger partial charge is 0.416 e. The van der Waals surface area contributed by atoms with E-state index in [4.69, 9.17) is 0 Å². The molecule has 1 aromatic carbocycles. The number of likely N-dealkylation sites (tertiary alicyclic amines) is 1. The SMILES string of the molecule is Cc1cc(C(F)(F)F)cc(O)c1-c1cc2c(nn1)N([C@@H]1CCN(C)C1)CC2. The predicted molar refractivity (Wildman–Crippen MR) is 95.8 cm³/mol. The number of aromatic nitrogens is 2. The minimum absolute atomic E-state index is 0.303. The maximum absolute atomic E-state index is 12.9. The zero-order chi connectivity index (χ0) is 19.3. The Balaban J connectivity index is 1.67. The monoisotopic (exact) mass is 378 g/mol. The third-order valence-electron chi connectivity index (χ3n) is 5.45. The zero-order valence-electron chi connectivity index (χ0n) is 15.2. The molecule has 3 heterocycles. The maximum atomic E-state index is 12.9. The van der Waals surface area contributed by atoms with Crippen LogP contribution in [0.4, 0.5) is 19.0 Å². The van der Waals surface area contributed by atoms with Crippen molar-refractivity contribution in [3.63, 3.8) is 0 Å². The summed E-state index contributed by atoms with van der Waals surface area (Å²) >= 11 is 0. The molecule has 1 atom stereocenters. The molecule has 1 saturated heterocycles. The topological polar surface area (TPSA) is 52.5 Å². The summed E-state index contributed by atoms with van der Waals surface area (Å²) in [6.07, 6.45) is -2.60. The number of rotatable bonds is 2. The average Bonchev–Trinajstić information content (AvgIpc) is 3.18. The van der Waals surface area contributed by atoms with Gasteiger partial charge in [-0.25, -0.2) is 0 Å². The summed E-state index contributed by atoms with van der Waals surface area (Å²) in [6, 6.07) is 4.04. The summed E-state index contributed by atoms with van der Waals surface area (Å²) in [7, 11) is 2.10. The van der Waals surface area contributed by atoms with E-state index in [0.29, 0.717) is 22.9 Å². The number of aryl methyl sites for hydroxylation is 1. The Morgan fingerprint density at radius 3 is 2.56 bits per heavy atom. The summed E-state index contributed by atoms with van der Waals surface area (Å²) in [6.45, 7) is 4.45. The van der Waals surface area contributed by atoms with Crippen molar-refractivity contribution < 1.29 is 18.3 Å². The van der Waals surface area contributed by atoms with Gasteiger partial charge in [0.2, 0.25) is 0 Å². The van der Waals surface area contributed by atoms with Crippen LogP contribution < -0.4 is 4.90 Å². The van der Waals surface area contributed by atoms with Crippen LogP contribution in [0.25, 0.3) is 11.3 Å². The first kappa shape index (κ1) is 18.0. The highest BCUT2D eigenvalue weighted by Gasteiger charge is 2.34. The van der Waals surface area contributed by atoms with Gasteiger partial charge >= 0.3 is 6.18 Å². The van der Waals surface area contributed by atoms with Crippen LogP contribution in [-0.4, -0.2) is 52.9 Å². The second-order valence-electron chi connectivity index (χ2n) is 7.41. The van der Waals surface area contributed by atoms with Gasteiger partial charge in [-0.05, 0) is 57.1 Å². The molecule has 0 radical (unpaired) electrons. The minimum Gasteiger partial charge on any atom is -0.507 e. The number of benzene rings is 1. The molecule has 2 aliphatic heterocycles. The molecule has 1 aromatic heterocycles. The fourth-order valence-corrected chi connectivity index (χ4v) is 4.11. The number of hydrogen-bond acceptors (Lipinski definition) is 5. The van der Waals surface area contributed by atoms with E-state index in [0.717, 1.165) is 56.0 Å². The highest BCUT2D eigenvalue weighted by Crippen LogP contribution is 2.40. The van der Waals surface area contributed by atoms with Crippen LogP contribution >= 0.6 is 0 Å². The lowest BCUT2D eigenvalue weighted by atomic mass is 9.99. The second-order valence-corrected chi connectivity index (χ2v) is 7.41. The van der Waals surface area contributed by atoms with Crippen molar-refractivity contribution in [3.8, 4) is 17.0 Å². The number of likely N-dealkylation sites (N-methyl/N-ethyl adjacent to an activating group) is 1. The number of alkyl halides is 3. The first-order valence-electron chi connectivity index (χ1n) is 8.97. The summed E-state index contributed by atoms with van der Waals surface area (Å²) in [5, 5.41) is 18.8. The number of aromatic hydroxyl groups is 1. The van der Waals surface area contributed by atoms with Crippen molar-refractivity contribution in [2.45, 2.75) is 32.0 Å². The molecule has 1 fully saturated rings. The third-order valence-corrected chi connectivity index (χ3v) is 5.45. The highest BCUT2D eigenvalue weighted by molar-refractivity contribution is 5.73. The van der Waals surface area contributed by atoms with Crippen LogP contribution in [0.15, 0.2) is 18.2 Å². The molecule has 8 heteroatoms. The summed E-state index contributed by atoms with van der Waals surface area (Å²) in [4.78, 5) is 4.56. The second kappa shape index (κ2) is 6.37. The standard InChI is InChI=1S/C19H21F3N4O/c1-11-7-13(19(20,21)22)9-16(27)17(11)15-8-12-3-6-26(18(12)24-23-15)14-4-5-25(2)10-14/h7-9,14,27H,3-6,10H2,1-2H3/t14-/m1/s1. The first-order chi connectivity index (χ1) is 12.7. The van der Waals surface area contributed by atoms with Gasteiger partial charge < -0.3 is 14.9 Å². The number of phenolic OH excluding ortho intramolecular Hbond substituents is 1. The fraction of sp³-hybridized carbons (Fsp3) is 0.474. The summed E-state index contributed by atoms with van der Waals surface area (Å²) in [5.74, 6) is 0.423. The van der Waals surface area contributed by atoms with Crippen molar-refractivity contribution in [3.05, 3.63) is 34.9 Å². The van der Waals surface area contributed by atoms with E-state index in [1.807, 2.05) is 6.07 Å². The number of hydrogen-bond donors (Lipinski definition) is 1. The highest BCUT2D eigenvalue weighted by atomic mass is 19.4. The largest absolute Gasteiger partial charge is 0.507 e. The van der Waals surface area contributed by atoms with E-state index in [9.17, 15) is 18.3 Å². The zero-order valence-corrected chi connectivity index (χ0v) is 15.2. The normalized spacial score (nSPS) is 20.3. The van der Waals surface area contributed by atoms with E-state index in [1.54, 1.807) is 6.92 Å². The van der Waals surface area contributed by atoms with E-state index in [1.165, 1.54) is 0 Å². The fourth-order valence-electron chi connectivity index (χ4n) is 4.11. The lowest BCUT2D eigenvalue weighted by Gasteiger charge is -2.25. The quantitative estimate of drug-likeness (QED) is 0.870. The van der Waals surface area contributed by atoms with Crippen LogP contribution in [-0.2, 0) is 12.6 Å². The van der Waals surface area contributed by atoms with Gasteiger partial charge in [-0.3, -0.25) is 0 Å². The van der Waals surface area contributed by atoms with Gasteiger partial charge in [0.15, 0.2) is 5.82 Å². The molecule has 0 saturated carbocycles. The Kier molecular flexibility index (Phi) is 4.25. The molecular formula is C19H21F3N4O. The van der Waals surface area contributed by atoms with Crippen LogP contribution in [0.5, 0.6) is 5.75 Å². The lowest BCUT2D eigenvalue weighted by Crippen LogP contribution is -2.36. The Hall–Kier alpha value is -2.35. The van der Waals surface area contributed by atoms with Crippen LogP contribution in [0.1, 0.15) is 23.1 Å². The molecule has 1 N–H and O–H groups in total. The predicted octanol–water partition coefficient (Wildman–Crippen LogP) is 3.24. The molecule has 0 unspecified atom stereocenters. The molecule has 2 aromatic rings. The van der Waals surface area contributed by atoms with Crippen LogP contribution in [0.3, 0.4) is 0 Å². The molecule has 2 aliphatic rings. The molecule has 144 valence electrons. The molecule has 5 nitrogen and oxygen atoms in total. The average molecular weight is 378 g/mol. The molecule has 0 spiro atoms. The van der Waals surface area contributed by atoms with Crippen molar-refractivity contribution >= 4 is 5.82 Å². The van der Waals surface area contributed by atoms with Gasteiger partial charge in [-0.1, -0.05) is 0 Å². The Labute approximate surface area is 155 Å². The number of anilines is 1. The molecule has 4 rings (SSSR count). The van der Waals surface area contributed by atoms with Crippen LogP contribution in [0, 0.1) is 6.92 Å². The minimum atomic E-state index is -4.50. The summed E-state index contributed by atoms with van der Waals surface area (Å²) < 4.78 is 38.8. The Morgan fingerprint density at radius 2 is 1.93 bits per heavy atom. The van der Waals surface area contributed by atoms with E-state index in [-0.39, 0.29) is 0 Å². The van der Waals surface area contributed by atoms with Gasteiger partial charge in [-0.15, -0.1) is 10.2 Å². The number of nitrogens with zero attached hydrogens (tertiary/aromatic N) is 4. The van der Waals surface area contributed by atoms with Gasteiger partial charge in [0.05, 0.1) is 11.3 Å². The van der Waals surface area contributed by atoms with E-state index in [2.05, 4.69) is 27.0 Å². The Morgan fingerprint density at radius 1 is 1.15 bits per heavy atom. The van der Waals surface area contributed by atoms with Gasteiger partial charge in [0.1, 0.15) is 5.75 Å². The van der Waals surface area contributed by atoms with Crippen molar-refractivity contribution in [2.24, 2.45) is 0 Å². The number of fused-ring (bicyclic) bond motifs is 1. The van der Waals surface area contributed by atoms with Crippen LogP contribution in [0.2, 0.25) is 0 Å². The van der Waals surface area contributed by atoms with E-state index >= 15 is 0 Å². The number of phenols is 1. The third kappa shape index (κ3) is 3.22. The lowest BCUT2D eigenvalue weighted by molar-refractivity contribution is -0.137. The maximum Gasteiger partial charge on any atom is 0.416 e. The first-order valence-corrected chi connectivity index (χ1v) is 8.97. The van der Waals surface area contributed by atoms with Gasteiger partial charge in [0, 0.05) is 30.3 Å². The molecule has 0 bridgehead atoms. The van der Waals surface area contributed by atoms with Gasteiger partial charge in [0.25, 0.3) is 0 Å². The van der Waals surface area contributed by atoms with Crippen molar-refractivity contribution in [1.82, 2.24) is 15.1 Å². The molecule has 0 amide bonds. The van der Waals surface area contributed by atoms with Gasteiger partial charge in [-0.2, -0.15) is 13.2 Å². The van der Waals surface area contributed by atoms with Crippen molar-refractivity contribution in [1.29, 1.82) is 0 Å².